The minimum atomic E-state index is -0.124. The number of nitrogens with one attached hydrogen (secondary N) is 2. The van der Waals surface area contributed by atoms with Gasteiger partial charge in [-0.25, -0.2) is 0 Å². The van der Waals surface area contributed by atoms with E-state index in [0.717, 1.165) is 26.1 Å². The molecule has 22 heavy (non-hydrogen) atoms. The maximum Gasteiger partial charge on any atom is 0.269 e. The second-order valence-electron chi connectivity index (χ2n) is 6.58. The number of carbonyl (C=O) groups is 1. The van der Waals surface area contributed by atoms with E-state index in [2.05, 4.69) is 20.4 Å². The van der Waals surface area contributed by atoms with Crippen molar-refractivity contribution >= 4 is 11.7 Å². The fraction of sp³-hybridized carbons (Fsp3) is 0.733. The van der Waals surface area contributed by atoms with Crippen LogP contribution in [0.5, 0.6) is 0 Å². The zero-order valence-corrected chi connectivity index (χ0v) is 12.6. The highest BCUT2D eigenvalue weighted by Crippen LogP contribution is 2.42. The van der Waals surface area contributed by atoms with E-state index in [9.17, 15) is 4.79 Å². The highest BCUT2D eigenvalue weighted by atomic mass is 16.5. The summed E-state index contributed by atoms with van der Waals surface area (Å²) in [5.74, 6) is 0.658. The van der Waals surface area contributed by atoms with Gasteiger partial charge in [0.25, 0.3) is 5.91 Å². The van der Waals surface area contributed by atoms with Crippen molar-refractivity contribution < 1.29 is 9.53 Å². The molecule has 3 aliphatic rings. The van der Waals surface area contributed by atoms with Crippen LogP contribution >= 0.6 is 0 Å². The Bertz CT molecular complexity index is 554. The van der Waals surface area contributed by atoms with Crippen LogP contribution in [0.1, 0.15) is 36.2 Å². The second-order valence-corrected chi connectivity index (χ2v) is 6.58. The van der Waals surface area contributed by atoms with Gasteiger partial charge in [-0.3, -0.25) is 14.8 Å². The third-order valence-corrected chi connectivity index (χ3v) is 5.30. The van der Waals surface area contributed by atoms with Gasteiger partial charge in [-0.15, -0.1) is 0 Å². The van der Waals surface area contributed by atoms with Crippen LogP contribution < -0.4 is 11.1 Å². The number of hydrogen-bond donors (Lipinski definition) is 3. The molecular formula is C15H23N5O2. The SMILES string of the molecule is Nc1cc(C(=O)N[C@H]2[C@H]3CCO[C@H]3[C@@H]2N2CCCCC2)[nH]n1. The van der Waals surface area contributed by atoms with Crippen molar-refractivity contribution in [1.82, 2.24) is 20.4 Å². The molecule has 1 saturated carbocycles. The first-order chi connectivity index (χ1) is 10.7. The molecule has 4 atom stereocenters. The van der Waals surface area contributed by atoms with Crippen molar-refractivity contribution in [2.75, 3.05) is 25.4 Å². The molecule has 7 nitrogen and oxygen atoms in total. The smallest absolute Gasteiger partial charge is 0.269 e. The Morgan fingerprint density at radius 2 is 2.23 bits per heavy atom. The number of fused-ring (bicyclic) bond motifs is 1. The van der Waals surface area contributed by atoms with Crippen LogP contribution in [0.25, 0.3) is 0 Å². The van der Waals surface area contributed by atoms with Crippen molar-refractivity contribution in [3.05, 3.63) is 11.8 Å². The third kappa shape index (κ3) is 2.28. The summed E-state index contributed by atoms with van der Waals surface area (Å²) in [6, 6.07) is 2.06. The summed E-state index contributed by atoms with van der Waals surface area (Å²) >= 11 is 0. The number of aromatic amines is 1. The number of ether oxygens (including phenoxy) is 1. The first kappa shape index (κ1) is 14.0. The Hall–Kier alpha value is -1.60. The van der Waals surface area contributed by atoms with Gasteiger partial charge in [0.05, 0.1) is 18.2 Å². The number of carbonyl (C=O) groups excluding carboxylic acids is 1. The minimum Gasteiger partial charge on any atom is -0.382 e. The second kappa shape index (κ2) is 5.55. The third-order valence-electron chi connectivity index (χ3n) is 5.30. The lowest BCUT2D eigenvalue weighted by Gasteiger charge is -2.53. The van der Waals surface area contributed by atoms with Gasteiger partial charge in [0.15, 0.2) is 0 Å². The quantitative estimate of drug-likeness (QED) is 0.749. The summed E-state index contributed by atoms with van der Waals surface area (Å²) < 4.78 is 5.91. The first-order valence-electron chi connectivity index (χ1n) is 8.21. The van der Waals surface area contributed by atoms with Gasteiger partial charge < -0.3 is 15.8 Å². The van der Waals surface area contributed by atoms with Crippen molar-refractivity contribution in [3.63, 3.8) is 0 Å². The fourth-order valence-electron chi connectivity index (χ4n) is 4.20. The van der Waals surface area contributed by atoms with Gasteiger partial charge in [-0.2, -0.15) is 5.10 Å². The predicted molar refractivity (Wildman–Crippen MR) is 81.3 cm³/mol. The molecular weight excluding hydrogens is 282 g/mol. The van der Waals surface area contributed by atoms with E-state index in [1.165, 1.54) is 19.3 Å². The van der Waals surface area contributed by atoms with Crippen LogP contribution in [0, 0.1) is 5.92 Å². The summed E-state index contributed by atoms with van der Waals surface area (Å²) in [4.78, 5) is 14.9. The molecule has 120 valence electrons. The van der Waals surface area contributed by atoms with E-state index in [1.807, 2.05) is 0 Å². The summed E-state index contributed by atoms with van der Waals surface area (Å²) in [6.45, 7) is 3.03. The van der Waals surface area contributed by atoms with Crippen molar-refractivity contribution in [2.24, 2.45) is 5.92 Å². The van der Waals surface area contributed by atoms with Crippen LogP contribution in [0.15, 0.2) is 6.07 Å². The lowest BCUT2D eigenvalue weighted by atomic mass is 9.70. The molecule has 4 N–H and O–H groups in total. The van der Waals surface area contributed by atoms with Gasteiger partial charge in [0.1, 0.15) is 11.5 Å². The van der Waals surface area contributed by atoms with Crippen molar-refractivity contribution in [3.8, 4) is 0 Å². The van der Waals surface area contributed by atoms with Gasteiger partial charge in [-0.05, 0) is 32.4 Å². The molecule has 7 heteroatoms. The molecule has 4 rings (SSSR count). The molecule has 2 saturated heterocycles. The fourth-order valence-corrected chi connectivity index (χ4v) is 4.20. The molecule has 1 amide bonds. The highest BCUT2D eigenvalue weighted by Gasteiger charge is 2.56. The molecule has 1 aliphatic carbocycles. The lowest BCUT2D eigenvalue weighted by Crippen LogP contribution is -2.71. The molecule has 0 bridgehead atoms. The van der Waals surface area contributed by atoms with Crippen LogP contribution in [-0.4, -0.2) is 58.9 Å². The van der Waals surface area contributed by atoms with Crippen LogP contribution in [0.2, 0.25) is 0 Å². The van der Waals surface area contributed by atoms with E-state index in [0.29, 0.717) is 23.5 Å². The van der Waals surface area contributed by atoms with Crippen molar-refractivity contribution in [1.29, 1.82) is 0 Å². The van der Waals surface area contributed by atoms with Gasteiger partial charge in [-0.1, -0.05) is 6.42 Å². The number of nitrogen functional groups attached to an aromatic ring is 1. The largest absolute Gasteiger partial charge is 0.382 e. The number of H-pyrrole nitrogens is 1. The number of rotatable bonds is 3. The Morgan fingerprint density at radius 3 is 2.95 bits per heavy atom. The van der Waals surface area contributed by atoms with E-state index in [4.69, 9.17) is 10.5 Å². The topological polar surface area (TPSA) is 96.3 Å². The van der Waals surface area contributed by atoms with Crippen LogP contribution in [-0.2, 0) is 4.74 Å². The number of aromatic nitrogens is 2. The summed E-state index contributed by atoms with van der Waals surface area (Å²) in [7, 11) is 0. The molecule has 0 radical (unpaired) electrons. The number of hydrogen-bond acceptors (Lipinski definition) is 5. The Morgan fingerprint density at radius 1 is 1.41 bits per heavy atom. The van der Waals surface area contributed by atoms with Gasteiger partial charge >= 0.3 is 0 Å². The van der Waals surface area contributed by atoms with Crippen molar-refractivity contribution in [2.45, 2.75) is 43.9 Å². The summed E-state index contributed by atoms with van der Waals surface area (Å²) in [5.41, 5.74) is 6.00. The van der Waals surface area contributed by atoms with Crippen LogP contribution in [0.3, 0.4) is 0 Å². The number of piperidine rings is 1. The maximum atomic E-state index is 12.4. The zero-order chi connectivity index (χ0) is 15.1. The normalized spacial score (nSPS) is 34.9. The van der Waals surface area contributed by atoms with E-state index >= 15 is 0 Å². The van der Waals surface area contributed by atoms with E-state index < -0.39 is 0 Å². The number of amides is 1. The average Bonchev–Trinajstić information content (AvgIpc) is 3.13. The maximum absolute atomic E-state index is 12.4. The molecule has 1 aromatic heterocycles. The predicted octanol–water partition coefficient (Wildman–Crippen LogP) is 0.363. The number of anilines is 1. The van der Waals surface area contributed by atoms with Crippen LogP contribution in [0.4, 0.5) is 5.82 Å². The Labute approximate surface area is 129 Å². The molecule has 0 aromatic carbocycles. The molecule has 1 aromatic rings. The zero-order valence-electron chi connectivity index (χ0n) is 12.6. The molecule has 2 aliphatic heterocycles. The monoisotopic (exact) mass is 305 g/mol. The van der Waals surface area contributed by atoms with E-state index in [-0.39, 0.29) is 18.1 Å². The molecule has 0 spiro atoms. The average molecular weight is 305 g/mol. The number of likely N-dealkylation sites (tertiary alicyclic amines) is 1. The molecule has 0 unspecified atom stereocenters. The van der Waals surface area contributed by atoms with Gasteiger partial charge in [0, 0.05) is 18.6 Å². The molecule has 3 fully saturated rings. The highest BCUT2D eigenvalue weighted by molar-refractivity contribution is 5.93. The Balaban J connectivity index is 1.47. The summed E-state index contributed by atoms with van der Waals surface area (Å²) in [6.07, 6.45) is 5.11. The van der Waals surface area contributed by atoms with Gasteiger partial charge in [0.2, 0.25) is 0 Å². The minimum absolute atomic E-state index is 0.124. The lowest BCUT2D eigenvalue weighted by molar-refractivity contribution is -0.0862. The van der Waals surface area contributed by atoms with E-state index in [1.54, 1.807) is 6.07 Å². The molecule has 3 heterocycles. The summed E-state index contributed by atoms with van der Waals surface area (Å²) in [5, 5.41) is 9.68. The standard InChI is InChI=1S/C15H23N5O2/c16-11-8-10(18-19-11)15(21)17-12-9-4-7-22-14(9)13(12)20-5-2-1-3-6-20/h8-9,12-14H,1-7H2,(H,17,21)(H3,16,18,19)/t9-,12+,13-,14-/m1/s1. The Kier molecular flexibility index (Phi) is 3.54. The number of nitrogens with two attached hydrogens (primary N) is 1. The first-order valence-corrected chi connectivity index (χ1v) is 8.21. The number of nitrogens with zero attached hydrogens (tertiary/aromatic N) is 2.